The standard InChI is InChI=1S/C19H17N5O3S/c1-10-11(2)26-18-15(10)16(20-17(25)13-7-5-4-6-8-13)21-19(22-18)28-9-14-24-23-12(3)27-14/h4-8H,9H2,1-3H3,(H,20,21,22,25). The van der Waals surface area contributed by atoms with Gasteiger partial charge in [0.1, 0.15) is 11.6 Å². The first kappa shape index (κ1) is 18.2. The van der Waals surface area contributed by atoms with Gasteiger partial charge in [-0.05, 0) is 26.0 Å². The number of furan rings is 1. The minimum Gasteiger partial charge on any atom is -0.443 e. The summed E-state index contributed by atoms with van der Waals surface area (Å²) in [6, 6.07) is 8.97. The summed E-state index contributed by atoms with van der Waals surface area (Å²) in [5, 5.41) is 11.8. The van der Waals surface area contributed by atoms with Crippen molar-refractivity contribution in [3.63, 3.8) is 0 Å². The van der Waals surface area contributed by atoms with E-state index in [4.69, 9.17) is 8.83 Å². The lowest BCUT2D eigenvalue weighted by Crippen LogP contribution is -2.13. The summed E-state index contributed by atoms with van der Waals surface area (Å²) >= 11 is 1.32. The first-order chi connectivity index (χ1) is 13.5. The molecule has 0 aliphatic carbocycles. The summed E-state index contributed by atoms with van der Waals surface area (Å²) in [5.41, 5.74) is 1.86. The molecule has 0 saturated carbocycles. The Morgan fingerprint density at radius 1 is 1.07 bits per heavy atom. The molecule has 4 aromatic rings. The van der Waals surface area contributed by atoms with Crippen molar-refractivity contribution >= 4 is 34.6 Å². The Hall–Kier alpha value is -3.20. The monoisotopic (exact) mass is 395 g/mol. The molecule has 3 heterocycles. The van der Waals surface area contributed by atoms with E-state index in [0.717, 1.165) is 11.3 Å². The summed E-state index contributed by atoms with van der Waals surface area (Å²) in [6.45, 7) is 5.50. The van der Waals surface area contributed by atoms with Gasteiger partial charge in [0.05, 0.1) is 11.1 Å². The molecule has 8 nitrogen and oxygen atoms in total. The van der Waals surface area contributed by atoms with E-state index in [1.807, 2.05) is 32.0 Å². The van der Waals surface area contributed by atoms with Gasteiger partial charge in [0, 0.05) is 18.1 Å². The van der Waals surface area contributed by atoms with Gasteiger partial charge < -0.3 is 14.2 Å². The van der Waals surface area contributed by atoms with Crippen LogP contribution in [0.1, 0.15) is 33.5 Å². The van der Waals surface area contributed by atoms with Crippen molar-refractivity contribution in [1.82, 2.24) is 20.2 Å². The Bertz CT molecular complexity index is 1150. The van der Waals surface area contributed by atoms with E-state index in [1.165, 1.54) is 11.8 Å². The zero-order valence-electron chi connectivity index (χ0n) is 15.5. The second kappa shape index (κ2) is 7.43. The van der Waals surface area contributed by atoms with Crippen molar-refractivity contribution in [3.8, 4) is 0 Å². The van der Waals surface area contributed by atoms with Gasteiger partial charge >= 0.3 is 0 Å². The highest BCUT2D eigenvalue weighted by Gasteiger charge is 2.19. The molecule has 0 unspecified atom stereocenters. The van der Waals surface area contributed by atoms with Gasteiger partial charge in [0.25, 0.3) is 5.91 Å². The Kier molecular flexibility index (Phi) is 4.82. The summed E-state index contributed by atoms with van der Waals surface area (Å²) in [4.78, 5) is 21.6. The predicted molar refractivity (Wildman–Crippen MR) is 104 cm³/mol. The third-order valence-corrected chi connectivity index (χ3v) is 5.00. The lowest BCUT2D eigenvalue weighted by molar-refractivity contribution is 0.102. The van der Waals surface area contributed by atoms with E-state index in [1.54, 1.807) is 19.1 Å². The number of carbonyl (C=O) groups excluding carboxylic acids is 1. The van der Waals surface area contributed by atoms with Gasteiger partial charge in [-0.15, -0.1) is 10.2 Å². The number of fused-ring (bicyclic) bond motifs is 1. The predicted octanol–water partition coefficient (Wildman–Crippen LogP) is 4.08. The third kappa shape index (κ3) is 3.61. The number of aryl methyl sites for hydroxylation is 3. The third-order valence-electron chi connectivity index (χ3n) is 4.17. The summed E-state index contributed by atoms with van der Waals surface area (Å²) in [6.07, 6.45) is 0. The quantitative estimate of drug-likeness (QED) is 0.398. The van der Waals surface area contributed by atoms with Crippen molar-refractivity contribution in [2.75, 3.05) is 5.32 Å². The Morgan fingerprint density at radius 2 is 1.86 bits per heavy atom. The van der Waals surface area contributed by atoms with E-state index >= 15 is 0 Å². The summed E-state index contributed by atoms with van der Waals surface area (Å²) in [7, 11) is 0. The maximum Gasteiger partial charge on any atom is 0.256 e. The normalized spacial score (nSPS) is 11.1. The van der Waals surface area contributed by atoms with E-state index < -0.39 is 0 Å². The highest BCUT2D eigenvalue weighted by atomic mass is 32.2. The van der Waals surface area contributed by atoms with Gasteiger partial charge in [-0.25, -0.2) is 4.98 Å². The molecule has 3 aromatic heterocycles. The fourth-order valence-electron chi connectivity index (χ4n) is 2.68. The number of nitrogens with zero attached hydrogens (tertiary/aromatic N) is 4. The highest BCUT2D eigenvalue weighted by Crippen LogP contribution is 2.32. The molecule has 1 N–H and O–H groups in total. The molecular formula is C19H17N5O3S. The zero-order chi connectivity index (χ0) is 19.7. The molecule has 9 heteroatoms. The van der Waals surface area contributed by atoms with Crippen LogP contribution in [0.4, 0.5) is 5.82 Å². The molecule has 0 aliphatic heterocycles. The van der Waals surface area contributed by atoms with Crippen molar-refractivity contribution in [2.45, 2.75) is 31.7 Å². The number of anilines is 1. The largest absolute Gasteiger partial charge is 0.443 e. The van der Waals surface area contributed by atoms with Crippen LogP contribution in [0.3, 0.4) is 0 Å². The summed E-state index contributed by atoms with van der Waals surface area (Å²) < 4.78 is 11.1. The Labute approximate surface area is 164 Å². The molecule has 1 amide bonds. The summed E-state index contributed by atoms with van der Waals surface area (Å²) in [5.74, 6) is 2.29. The first-order valence-corrected chi connectivity index (χ1v) is 9.55. The van der Waals surface area contributed by atoms with Crippen molar-refractivity contribution < 1.29 is 13.6 Å². The molecule has 28 heavy (non-hydrogen) atoms. The minimum absolute atomic E-state index is 0.248. The van der Waals surface area contributed by atoms with Crippen LogP contribution in [0, 0.1) is 20.8 Å². The lowest BCUT2D eigenvalue weighted by Gasteiger charge is -2.07. The van der Waals surface area contributed by atoms with Crippen LogP contribution in [-0.4, -0.2) is 26.1 Å². The number of nitrogens with one attached hydrogen (secondary N) is 1. The molecule has 0 radical (unpaired) electrons. The number of carbonyl (C=O) groups is 1. The fraction of sp³-hybridized carbons (Fsp3) is 0.211. The van der Waals surface area contributed by atoms with Gasteiger partial charge in [-0.3, -0.25) is 4.79 Å². The second-order valence-electron chi connectivity index (χ2n) is 6.14. The van der Waals surface area contributed by atoms with Gasteiger partial charge in [-0.2, -0.15) is 4.98 Å². The van der Waals surface area contributed by atoms with Crippen LogP contribution in [-0.2, 0) is 5.75 Å². The second-order valence-corrected chi connectivity index (χ2v) is 7.08. The average molecular weight is 395 g/mol. The molecule has 0 aliphatic rings. The SMILES string of the molecule is Cc1nnc(CSc2nc(NC(=O)c3ccccc3)c3c(C)c(C)oc3n2)o1. The molecule has 142 valence electrons. The first-order valence-electron chi connectivity index (χ1n) is 8.57. The van der Waals surface area contributed by atoms with Crippen LogP contribution >= 0.6 is 11.8 Å². The van der Waals surface area contributed by atoms with Crippen LogP contribution in [0.15, 0.2) is 44.3 Å². The number of hydrogen-bond donors (Lipinski definition) is 1. The average Bonchev–Trinajstić information content (AvgIpc) is 3.23. The minimum atomic E-state index is -0.248. The number of amides is 1. The number of aromatic nitrogens is 4. The van der Waals surface area contributed by atoms with Crippen LogP contribution in [0.25, 0.3) is 11.1 Å². The molecule has 0 atom stereocenters. The van der Waals surface area contributed by atoms with E-state index in [9.17, 15) is 4.79 Å². The van der Waals surface area contributed by atoms with Gasteiger partial charge in [0.2, 0.25) is 17.5 Å². The maximum atomic E-state index is 12.6. The molecule has 0 spiro atoms. The van der Waals surface area contributed by atoms with Crippen molar-refractivity contribution in [1.29, 1.82) is 0 Å². The topological polar surface area (TPSA) is 107 Å². The van der Waals surface area contributed by atoms with Crippen molar-refractivity contribution in [3.05, 3.63) is 59.0 Å². The van der Waals surface area contributed by atoms with E-state index in [0.29, 0.717) is 45.2 Å². The maximum absolute atomic E-state index is 12.6. The lowest BCUT2D eigenvalue weighted by atomic mass is 10.2. The molecule has 1 aromatic carbocycles. The molecule has 0 bridgehead atoms. The van der Waals surface area contributed by atoms with Gasteiger partial charge in [-0.1, -0.05) is 30.0 Å². The fourth-order valence-corrected chi connectivity index (χ4v) is 3.35. The molecule has 4 rings (SSSR count). The van der Waals surface area contributed by atoms with Crippen LogP contribution in [0.5, 0.6) is 0 Å². The molecule has 0 saturated heterocycles. The molecular weight excluding hydrogens is 378 g/mol. The van der Waals surface area contributed by atoms with Crippen LogP contribution in [0.2, 0.25) is 0 Å². The van der Waals surface area contributed by atoms with E-state index in [2.05, 4.69) is 25.5 Å². The number of benzene rings is 1. The van der Waals surface area contributed by atoms with E-state index in [-0.39, 0.29) is 5.91 Å². The highest BCUT2D eigenvalue weighted by molar-refractivity contribution is 7.98. The van der Waals surface area contributed by atoms with Crippen LogP contribution < -0.4 is 5.32 Å². The Morgan fingerprint density at radius 3 is 2.57 bits per heavy atom. The Balaban J connectivity index is 1.67. The molecule has 0 fully saturated rings. The smallest absolute Gasteiger partial charge is 0.256 e. The van der Waals surface area contributed by atoms with Crippen molar-refractivity contribution in [2.24, 2.45) is 0 Å². The zero-order valence-corrected chi connectivity index (χ0v) is 16.3. The number of rotatable bonds is 5. The number of thioether (sulfide) groups is 1. The van der Waals surface area contributed by atoms with Gasteiger partial charge in [0.15, 0.2) is 5.16 Å². The number of hydrogen-bond acceptors (Lipinski definition) is 8.